The standard InChI is InChI=1S/C23H35N5O3/c1-16-11-22(26-14-17-6-9-30-10-7-17)28-23(24,27-16)19-3-4-20(29-2)21(12-19)31-15-18-5-8-25-13-18/h3-4,11-12,17-18,25,27H,5-10,13-15,24H2,1-2H3,(H,26,28). The van der Waals surface area contributed by atoms with Crippen molar-refractivity contribution < 1.29 is 14.2 Å². The number of nitrogens with one attached hydrogen (secondary N) is 3. The maximum atomic E-state index is 6.78. The van der Waals surface area contributed by atoms with Crippen LogP contribution in [0.2, 0.25) is 0 Å². The summed E-state index contributed by atoms with van der Waals surface area (Å²) in [5.74, 6) is 2.29. The molecule has 3 heterocycles. The van der Waals surface area contributed by atoms with Crippen molar-refractivity contribution in [1.82, 2.24) is 16.0 Å². The van der Waals surface area contributed by atoms with Crippen molar-refractivity contribution >= 4 is 5.84 Å². The molecule has 8 heteroatoms. The minimum atomic E-state index is -0.980. The number of rotatable bonds is 7. The van der Waals surface area contributed by atoms with Gasteiger partial charge in [0.2, 0.25) is 0 Å². The van der Waals surface area contributed by atoms with E-state index in [0.717, 1.165) is 69.2 Å². The molecule has 8 nitrogen and oxygen atoms in total. The molecular weight excluding hydrogens is 394 g/mol. The number of benzene rings is 1. The van der Waals surface area contributed by atoms with Crippen molar-refractivity contribution in [3.05, 3.63) is 35.5 Å². The van der Waals surface area contributed by atoms with Crippen LogP contribution in [0.25, 0.3) is 0 Å². The number of amidine groups is 1. The van der Waals surface area contributed by atoms with E-state index in [9.17, 15) is 0 Å². The first kappa shape index (κ1) is 21.9. The SMILES string of the molecule is COc1ccc(C2(N)NC(C)=CC(=NCC3CCOCC3)N2)cc1OCC1CCNC1. The van der Waals surface area contributed by atoms with Crippen LogP contribution < -0.4 is 31.2 Å². The number of ether oxygens (including phenoxy) is 3. The van der Waals surface area contributed by atoms with Crippen molar-refractivity contribution in [3.63, 3.8) is 0 Å². The fourth-order valence-corrected chi connectivity index (χ4v) is 4.31. The zero-order chi connectivity index (χ0) is 21.7. The second kappa shape index (κ2) is 9.89. The quantitative estimate of drug-likeness (QED) is 0.523. The van der Waals surface area contributed by atoms with Crippen molar-refractivity contribution in [1.29, 1.82) is 0 Å². The molecule has 1 aromatic rings. The highest BCUT2D eigenvalue weighted by Crippen LogP contribution is 2.32. The lowest BCUT2D eigenvalue weighted by Crippen LogP contribution is -2.64. The lowest BCUT2D eigenvalue weighted by molar-refractivity contribution is 0.0689. The van der Waals surface area contributed by atoms with Crippen molar-refractivity contribution in [2.75, 3.05) is 46.6 Å². The van der Waals surface area contributed by atoms with Gasteiger partial charge in [0.15, 0.2) is 17.3 Å². The van der Waals surface area contributed by atoms with Crippen LogP contribution in [0.5, 0.6) is 11.5 Å². The van der Waals surface area contributed by atoms with Gasteiger partial charge in [-0.3, -0.25) is 10.7 Å². The summed E-state index contributed by atoms with van der Waals surface area (Å²) in [6.45, 7) is 7.12. The zero-order valence-corrected chi connectivity index (χ0v) is 18.6. The summed E-state index contributed by atoms with van der Waals surface area (Å²) in [6.07, 6.45) is 5.24. The van der Waals surface area contributed by atoms with Gasteiger partial charge < -0.3 is 30.2 Å². The second-order valence-electron chi connectivity index (χ2n) is 8.70. The summed E-state index contributed by atoms with van der Waals surface area (Å²) in [6, 6.07) is 5.81. The van der Waals surface area contributed by atoms with Gasteiger partial charge in [-0.15, -0.1) is 0 Å². The Morgan fingerprint density at radius 2 is 2.00 bits per heavy atom. The van der Waals surface area contributed by atoms with Crippen LogP contribution in [0.1, 0.15) is 31.7 Å². The minimum Gasteiger partial charge on any atom is -0.493 e. The summed E-state index contributed by atoms with van der Waals surface area (Å²) in [7, 11) is 1.66. The fraction of sp³-hybridized carbons (Fsp3) is 0.609. The van der Waals surface area contributed by atoms with Gasteiger partial charge in [0.1, 0.15) is 5.84 Å². The highest BCUT2D eigenvalue weighted by atomic mass is 16.5. The van der Waals surface area contributed by atoms with E-state index >= 15 is 0 Å². The van der Waals surface area contributed by atoms with Crippen molar-refractivity contribution in [2.24, 2.45) is 22.6 Å². The molecule has 1 aromatic carbocycles. The molecule has 0 aliphatic carbocycles. The van der Waals surface area contributed by atoms with Crippen LogP contribution >= 0.6 is 0 Å². The monoisotopic (exact) mass is 429 g/mol. The van der Waals surface area contributed by atoms with Crippen LogP contribution in [-0.4, -0.2) is 52.4 Å². The molecule has 2 saturated heterocycles. The molecule has 0 spiro atoms. The lowest BCUT2D eigenvalue weighted by Gasteiger charge is -2.37. The number of methoxy groups -OCH3 is 1. The first-order valence-corrected chi connectivity index (χ1v) is 11.2. The van der Waals surface area contributed by atoms with Gasteiger partial charge in [0, 0.05) is 43.5 Å². The van der Waals surface area contributed by atoms with E-state index in [-0.39, 0.29) is 0 Å². The number of aliphatic imine (C=N–C) groups is 1. The zero-order valence-electron chi connectivity index (χ0n) is 18.6. The molecular formula is C23H35N5O3. The third kappa shape index (κ3) is 5.50. The Morgan fingerprint density at radius 1 is 1.16 bits per heavy atom. The van der Waals surface area contributed by atoms with E-state index in [2.05, 4.69) is 16.0 Å². The maximum absolute atomic E-state index is 6.78. The highest BCUT2D eigenvalue weighted by Gasteiger charge is 2.32. The summed E-state index contributed by atoms with van der Waals surface area (Å²) in [5.41, 5.74) is 8.60. The summed E-state index contributed by atoms with van der Waals surface area (Å²) in [4.78, 5) is 4.81. The first-order chi connectivity index (χ1) is 15.1. The molecule has 4 rings (SSSR count). The molecule has 0 saturated carbocycles. The second-order valence-corrected chi connectivity index (χ2v) is 8.70. The third-order valence-corrected chi connectivity index (χ3v) is 6.19. The van der Waals surface area contributed by atoms with Crippen molar-refractivity contribution in [2.45, 2.75) is 32.0 Å². The molecule has 0 bridgehead atoms. The highest BCUT2D eigenvalue weighted by molar-refractivity contribution is 5.95. The first-order valence-electron chi connectivity index (χ1n) is 11.2. The predicted octanol–water partition coefficient (Wildman–Crippen LogP) is 1.67. The fourth-order valence-electron chi connectivity index (χ4n) is 4.31. The summed E-state index contributed by atoms with van der Waals surface area (Å²) in [5, 5.41) is 10.1. The van der Waals surface area contributed by atoms with E-state index in [1.54, 1.807) is 7.11 Å². The molecule has 0 radical (unpaired) electrons. The van der Waals surface area contributed by atoms with Crippen LogP contribution in [0.3, 0.4) is 0 Å². The molecule has 0 aromatic heterocycles. The van der Waals surface area contributed by atoms with E-state index in [4.69, 9.17) is 24.9 Å². The molecule has 2 unspecified atom stereocenters. The van der Waals surface area contributed by atoms with E-state index < -0.39 is 5.79 Å². The molecule has 31 heavy (non-hydrogen) atoms. The van der Waals surface area contributed by atoms with E-state index in [1.807, 2.05) is 31.2 Å². The normalized spacial score (nSPS) is 28.0. The van der Waals surface area contributed by atoms with E-state index in [0.29, 0.717) is 29.9 Å². The number of nitrogens with zero attached hydrogens (tertiary/aromatic N) is 1. The van der Waals surface area contributed by atoms with Gasteiger partial charge in [0.05, 0.1) is 13.7 Å². The van der Waals surface area contributed by atoms with Crippen LogP contribution in [0.4, 0.5) is 0 Å². The Kier molecular flexibility index (Phi) is 6.99. The molecule has 2 atom stereocenters. The van der Waals surface area contributed by atoms with Crippen molar-refractivity contribution in [3.8, 4) is 11.5 Å². The Labute approximate surface area is 184 Å². The van der Waals surface area contributed by atoms with E-state index in [1.165, 1.54) is 0 Å². The average Bonchev–Trinajstić information content (AvgIpc) is 3.30. The average molecular weight is 430 g/mol. The Hall–Kier alpha value is -2.29. The van der Waals surface area contributed by atoms with Gasteiger partial charge in [-0.05, 0) is 62.9 Å². The van der Waals surface area contributed by atoms with Crippen LogP contribution in [-0.2, 0) is 10.5 Å². The number of allylic oxidation sites excluding steroid dienone is 1. The molecule has 2 fully saturated rings. The maximum Gasteiger partial charge on any atom is 0.190 e. The molecule has 5 N–H and O–H groups in total. The topological polar surface area (TPSA) is 102 Å². The molecule has 0 amide bonds. The smallest absolute Gasteiger partial charge is 0.190 e. The number of nitrogens with two attached hydrogens (primary N) is 1. The third-order valence-electron chi connectivity index (χ3n) is 6.19. The van der Waals surface area contributed by atoms with Gasteiger partial charge >= 0.3 is 0 Å². The Morgan fingerprint density at radius 3 is 2.74 bits per heavy atom. The molecule has 3 aliphatic heterocycles. The predicted molar refractivity (Wildman–Crippen MR) is 121 cm³/mol. The van der Waals surface area contributed by atoms with Gasteiger partial charge in [-0.25, -0.2) is 0 Å². The van der Waals surface area contributed by atoms with Gasteiger partial charge in [-0.2, -0.15) is 0 Å². The summed E-state index contributed by atoms with van der Waals surface area (Å²) >= 11 is 0. The summed E-state index contributed by atoms with van der Waals surface area (Å²) < 4.78 is 17.1. The molecule has 3 aliphatic rings. The van der Waals surface area contributed by atoms with Crippen LogP contribution in [0.15, 0.2) is 35.0 Å². The Balaban J connectivity index is 1.49. The largest absolute Gasteiger partial charge is 0.493 e. The Bertz CT molecular complexity index is 815. The number of hydrogen-bond acceptors (Lipinski definition) is 7. The number of hydrogen-bond donors (Lipinski definition) is 4. The molecule has 170 valence electrons. The van der Waals surface area contributed by atoms with Gasteiger partial charge in [-0.1, -0.05) is 0 Å². The van der Waals surface area contributed by atoms with Gasteiger partial charge in [0.25, 0.3) is 0 Å². The van der Waals surface area contributed by atoms with Crippen LogP contribution in [0, 0.1) is 11.8 Å². The minimum absolute atomic E-state index is 0.514. The lowest BCUT2D eigenvalue weighted by atomic mass is 10.0.